The smallest absolute Gasteiger partial charge is 0.227 e. The SMILES string of the molecule is CC(C)C(CN)C(=O)N1CCN(c2cccc(Cl)c2)CC1. The number of piperazine rings is 1. The zero-order valence-electron chi connectivity index (χ0n) is 12.8. The van der Waals surface area contributed by atoms with Gasteiger partial charge in [-0.05, 0) is 24.1 Å². The van der Waals surface area contributed by atoms with E-state index in [1.807, 2.05) is 23.1 Å². The van der Waals surface area contributed by atoms with Crippen LogP contribution in [0, 0.1) is 11.8 Å². The minimum absolute atomic E-state index is 0.0669. The van der Waals surface area contributed by atoms with E-state index in [2.05, 4.69) is 24.8 Å². The van der Waals surface area contributed by atoms with Crippen LogP contribution in [0.5, 0.6) is 0 Å². The molecule has 2 N–H and O–H groups in total. The summed E-state index contributed by atoms with van der Waals surface area (Å²) in [5, 5.41) is 0.744. The quantitative estimate of drug-likeness (QED) is 0.928. The molecular formula is C16H24ClN3O. The second-order valence-electron chi connectivity index (χ2n) is 5.88. The van der Waals surface area contributed by atoms with Gasteiger partial charge in [0.2, 0.25) is 5.91 Å². The fourth-order valence-corrected chi connectivity index (χ4v) is 2.94. The van der Waals surface area contributed by atoms with Crippen molar-refractivity contribution in [2.75, 3.05) is 37.6 Å². The standard InChI is InChI=1S/C16H24ClN3O/c1-12(2)15(11-18)16(21)20-8-6-19(7-9-20)14-5-3-4-13(17)10-14/h3-5,10,12,15H,6-9,11,18H2,1-2H3. The van der Waals surface area contributed by atoms with Crippen LogP contribution in [0.4, 0.5) is 5.69 Å². The van der Waals surface area contributed by atoms with Crippen LogP contribution < -0.4 is 10.6 Å². The molecule has 4 nitrogen and oxygen atoms in total. The first kappa shape index (κ1) is 16.1. The van der Waals surface area contributed by atoms with Crippen LogP contribution in [-0.2, 0) is 4.79 Å². The van der Waals surface area contributed by atoms with Gasteiger partial charge in [0.25, 0.3) is 0 Å². The van der Waals surface area contributed by atoms with Gasteiger partial charge in [-0.1, -0.05) is 31.5 Å². The summed E-state index contributed by atoms with van der Waals surface area (Å²) in [5.41, 5.74) is 6.86. The molecule has 0 saturated carbocycles. The van der Waals surface area contributed by atoms with Gasteiger partial charge in [-0.3, -0.25) is 4.79 Å². The highest BCUT2D eigenvalue weighted by molar-refractivity contribution is 6.30. The molecule has 0 bridgehead atoms. The van der Waals surface area contributed by atoms with Crippen molar-refractivity contribution in [2.24, 2.45) is 17.6 Å². The highest BCUT2D eigenvalue weighted by atomic mass is 35.5. The fourth-order valence-electron chi connectivity index (χ4n) is 2.75. The lowest BCUT2D eigenvalue weighted by Crippen LogP contribution is -2.52. The normalized spacial score (nSPS) is 17.2. The Labute approximate surface area is 131 Å². The maximum absolute atomic E-state index is 12.5. The lowest BCUT2D eigenvalue weighted by molar-refractivity contribution is -0.136. The lowest BCUT2D eigenvalue weighted by atomic mass is 9.94. The fraction of sp³-hybridized carbons (Fsp3) is 0.562. The van der Waals surface area contributed by atoms with Gasteiger partial charge >= 0.3 is 0 Å². The monoisotopic (exact) mass is 309 g/mol. The molecule has 1 aromatic rings. The first-order valence-electron chi connectivity index (χ1n) is 7.52. The summed E-state index contributed by atoms with van der Waals surface area (Å²) < 4.78 is 0. The number of benzene rings is 1. The minimum atomic E-state index is -0.0669. The maximum Gasteiger partial charge on any atom is 0.227 e. The van der Waals surface area contributed by atoms with Crippen molar-refractivity contribution in [2.45, 2.75) is 13.8 Å². The van der Waals surface area contributed by atoms with Gasteiger partial charge in [-0.2, -0.15) is 0 Å². The summed E-state index contributed by atoms with van der Waals surface area (Å²) in [7, 11) is 0. The van der Waals surface area contributed by atoms with Crippen molar-refractivity contribution in [3.8, 4) is 0 Å². The van der Waals surface area contributed by atoms with Gasteiger partial charge in [0.05, 0.1) is 5.92 Å². The van der Waals surface area contributed by atoms with E-state index >= 15 is 0 Å². The minimum Gasteiger partial charge on any atom is -0.368 e. The zero-order chi connectivity index (χ0) is 15.4. The summed E-state index contributed by atoms with van der Waals surface area (Å²) in [6.45, 7) is 7.69. The molecule has 1 atom stereocenters. The van der Waals surface area contributed by atoms with E-state index in [-0.39, 0.29) is 17.7 Å². The van der Waals surface area contributed by atoms with Gasteiger partial charge in [0.15, 0.2) is 0 Å². The third-order valence-corrected chi connectivity index (χ3v) is 4.38. The van der Waals surface area contributed by atoms with Gasteiger partial charge < -0.3 is 15.5 Å². The second kappa shape index (κ2) is 7.14. The molecule has 1 saturated heterocycles. The van der Waals surface area contributed by atoms with Crippen LogP contribution in [0.3, 0.4) is 0 Å². The Kier molecular flexibility index (Phi) is 5.48. The molecule has 5 heteroatoms. The third kappa shape index (κ3) is 3.89. The molecule has 1 unspecified atom stereocenters. The summed E-state index contributed by atoms with van der Waals surface area (Å²) in [5.74, 6) is 0.412. The highest BCUT2D eigenvalue weighted by Gasteiger charge is 2.28. The molecule has 0 aromatic heterocycles. The van der Waals surface area contributed by atoms with E-state index in [1.165, 1.54) is 0 Å². The Morgan fingerprint density at radius 3 is 2.48 bits per heavy atom. The molecule has 21 heavy (non-hydrogen) atoms. The van der Waals surface area contributed by atoms with E-state index in [0.29, 0.717) is 6.54 Å². The number of carbonyl (C=O) groups excluding carboxylic acids is 1. The first-order valence-corrected chi connectivity index (χ1v) is 7.90. The van der Waals surface area contributed by atoms with Gasteiger partial charge in [0, 0.05) is 43.4 Å². The van der Waals surface area contributed by atoms with Crippen LogP contribution in [0.1, 0.15) is 13.8 Å². The molecule has 1 fully saturated rings. The van der Waals surface area contributed by atoms with Crippen LogP contribution >= 0.6 is 11.6 Å². The molecule has 116 valence electrons. The molecule has 1 aliphatic heterocycles. The summed E-state index contributed by atoms with van der Waals surface area (Å²) >= 11 is 6.03. The number of amides is 1. The predicted octanol–water partition coefficient (Wildman–Crippen LogP) is 2.22. The number of nitrogens with two attached hydrogens (primary N) is 1. The molecule has 0 aliphatic carbocycles. The van der Waals surface area contributed by atoms with Gasteiger partial charge in [-0.25, -0.2) is 0 Å². The molecule has 2 rings (SSSR count). The Bertz CT molecular complexity index is 484. The van der Waals surface area contributed by atoms with E-state index in [4.69, 9.17) is 17.3 Å². The van der Waals surface area contributed by atoms with Crippen LogP contribution in [0.2, 0.25) is 5.02 Å². The zero-order valence-corrected chi connectivity index (χ0v) is 13.5. The largest absolute Gasteiger partial charge is 0.368 e. The Hall–Kier alpha value is -1.26. The Morgan fingerprint density at radius 1 is 1.29 bits per heavy atom. The van der Waals surface area contributed by atoms with Crippen molar-refractivity contribution in [3.63, 3.8) is 0 Å². The molecule has 0 radical (unpaired) electrons. The number of halogens is 1. The Morgan fingerprint density at radius 2 is 1.95 bits per heavy atom. The molecule has 1 aromatic carbocycles. The lowest BCUT2D eigenvalue weighted by Gasteiger charge is -2.38. The first-order chi connectivity index (χ1) is 10.0. The number of anilines is 1. The third-order valence-electron chi connectivity index (χ3n) is 4.14. The number of nitrogens with zero attached hydrogens (tertiary/aromatic N) is 2. The predicted molar refractivity (Wildman–Crippen MR) is 87.6 cm³/mol. The van der Waals surface area contributed by atoms with Gasteiger partial charge in [0.1, 0.15) is 0 Å². The van der Waals surface area contributed by atoms with Crippen molar-refractivity contribution in [1.29, 1.82) is 0 Å². The van der Waals surface area contributed by atoms with Crippen LogP contribution in [0.15, 0.2) is 24.3 Å². The number of rotatable bonds is 4. The molecule has 1 heterocycles. The summed E-state index contributed by atoms with van der Waals surface area (Å²) in [6, 6.07) is 7.85. The van der Waals surface area contributed by atoms with E-state index < -0.39 is 0 Å². The van der Waals surface area contributed by atoms with Crippen molar-refractivity contribution < 1.29 is 4.79 Å². The summed E-state index contributed by atoms with van der Waals surface area (Å²) in [4.78, 5) is 16.7. The molecular weight excluding hydrogens is 286 g/mol. The van der Waals surface area contributed by atoms with Crippen molar-refractivity contribution in [1.82, 2.24) is 4.90 Å². The maximum atomic E-state index is 12.5. The summed E-state index contributed by atoms with van der Waals surface area (Å²) in [6.07, 6.45) is 0. The number of hydrogen-bond acceptors (Lipinski definition) is 3. The van der Waals surface area contributed by atoms with E-state index in [9.17, 15) is 4.79 Å². The average molecular weight is 310 g/mol. The average Bonchev–Trinajstić information content (AvgIpc) is 2.47. The van der Waals surface area contributed by atoms with Crippen LogP contribution in [0.25, 0.3) is 0 Å². The topological polar surface area (TPSA) is 49.6 Å². The Balaban J connectivity index is 1.95. The molecule has 1 aliphatic rings. The van der Waals surface area contributed by atoms with Crippen molar-refractivity contribution >= 4 is 23.2 Å². The second-order valence-corrected chi connectivity index (χ2v) is 6.31. The highest BCUT2D eigenvalue weighted by Crippen LogP contribution is 2.22. The van der Waals surface area contributed by atoms with Crippen molar-refractivity contribution in [3.05, 3.63) is 29.3 Å². The molecule has 1 amide bonds. The van der Waals surface area contributed by atoms with Crippen LogP contribution in [-0.4, -0.2) is 43.5 Å². The van der Waals surface area contributed by atoms with Gasteiger partial charge in [-0.15, -0.1) is 0 Å². The number of carbonyl (C=O) groups is 1. The molecule has 0 spiro atoms. The van der Waals surface area contributed by atoms with E-state index in [0.717, 1.165) is 36.9 Å². The number of hydrogen-bond donors (Lipinski definition) is 1. The van der Waals surface area contributed by atoms with E-state index in [1.54, 1.807) is 0 Å².